The molecule has 0 radical (unpaired) electrons. The van der Waals surface area contributed by atoms with Crippen molar-refractivity contribution >= 4 is 0 Å². The molecule has 0 heterocycles. The molecule has 0 unspecified atom stereocenters. The van der Waals surface area contributed by atoms with E-state index < -0.39 is 0 Å². The fourth-order valence-electron chi connectivity index (χ4n) is 2.73. The van der Waals surface area contributed by atoms with Crippen LogP contribution in [0.15, 0.2) is 18.2 Å². The van der Waals surface area contributed by atoms with Crippen LogP contribution >= 0.6 is 0 Å². The molecule has 0 spiro atoms. The Kier molecular flexibility index (Phi) is 3.98. The summed E-state index contributed by atoms with van der Waals surface area (Å²) in [6.45, 7) is 2.09. The minimum absolute atomic E-state index is 0.00456. The Labute approximate surface area is 97.9 Å². The molecule has 1 heteroatoms. The SMILES string of the molecule is CCCc1ccc(C2CCCCC2)cc1F. The van der Waals surface area contributed by atoms with Crippen LogP contribution in [0.1, 0.15) is 62.5 Å². The van der Waals surface area contributed by atoms with E-state index in [1.807, 2.05) is 6.07 Å². The molecule has 1 aliphatic rings. The van der Waals surface area contributed by atoms with Crippen LogP contribution in [-0.4, -0.2) is 0 Å². The van der Waals surface area contributed by atoms with Crippen LogP contribution in [0.25, 0.3) is 0 Å². The molecular weight excluding hydrogens is 199 g/mol. The molecule has 1 aromatic rings. The molecule has 1 saturated carbocycles. The zero-order chi connectivity index (χ0) is 11.4. The van der Waals surface area contributed by atoms with Gasteiger partial charge in [0.1, 0.15) is 5.82 Å². The predicted molar refractivity (Wildman–Crippen MR) is 66.2 cm³/mol. The van der Waals surface area contributed by atoms with Gasteiger partial charge in [0.25, 0.3) is 0 Å². The average molecular weight is 220 g/mol. The summed E-state index contributed by atoms with van der Waals surface area (Å²) in [5.74, 6) is 0.615. The molecule has 1 aliphatic carbocycles. The molecule has 0 aliphatic heterocycles. The van der Waals surface area contributed by atoms with Crippen molar-refractivity contribution in [2.24, 2.45) is 0 Å². The first-order valence-electron chi connectivity index (χ1n) is 6.59. The van der Waals surface area contributed by atoms with Gasteiger partial charge in [-0.15, -0.1) is 0 Å². The van der Waals surface area contributed by atoms with Crippen LogP contribution in [0, 0.1) is 5.82 Å². The Balaban J connectivity index is 2.13. The standard InChI is InChI=1S/C15H21F/c1-2-6-13-9-10-14(11-15(13)16)12-7-4-3-5-8-12/h9-12H,2-8H2,1H3. The fraction of sp³-hybridized carbons (Fsp3) is 0.600. The van der Waals surface area contributed by atoms with Crippen molar-refractivity contribution in [3.63, 3.8) is 0 Å². The number of halogens is 1. The first-order chi connectivity index (χ1) is 7.81. The fourth-order valence-corrected chi connectivity index (χ4v) is 2.73. The maximum absolute atomic E-state index is 13.8. The van der Waals surface area contributed by atoms with Crippen LogP contribution in [0.3, 0.4) is 0 Å². The third-order valence-corrected chi connectivity index (χ3v) is 3.67. The van der Waals surface area contributed by atoms with Crippen LogP contribution in [0.2, 0.25) is 0 Å². The molecule has 0 bridgehead atoms. The van der Waals surface area contributed by atoms with Crippen molar-refractivity contribution in [3.05, 3.63) is 35.1 Å². The lowest BCUT2D eigenvalue weighted by Gasteiger charge is -2.22. The number of aryl methyl sites for hydroxylation is 1. The van der Waals surface area contributed by atoms with Gasteiger partial charge in [-0.05, 0) is 42.4 Å². The second-order valence-corrected chi connectivity index (χ2v) is 4.94. The van der Waals surface area contributed by atoms with Crippen LogP contribution in [-0.2, 0) is 6.42 Å². The summed E-state index contributed by atoms with van der Waals surface area (Å²) in [6, 6.07) is 5.91. The Morgan fingerprint density at radius 3 is 2.56 bits per heavy atom. The van der Waals surface area contributed by atoms with Crippen LogP contribution in [0.5, 0.6) is 0 Å². The van der Waals surface area contributed by atoms with Crippen molar-refractivity contribution in [2.75, 3.05) is 0 Å². The van der Waals surface area contributed by atoms with Gasteiger partial charge < -0.3 is 0 Å². The highest BCUT2D eigenvalue weighted by Crippen LogP contribution is 2.33. The molecule has 0 amide bonds. The number of rotatable bonds is 3. The summed E-state index contributed by atoms with van der Waals surface area (Å²) in [4.78, 5) is 0. The molecule has 0 nitrogen and oxygen atoms in total. The molecule has 0 aromatic heterocycles. The second kappa shape index (κ2) is 5.47. The van der Waals surface area contributed by atoms with Crippen LogP contribution < -0.4 is 0 Å². The normalized spacial score (nSPS) is 17.6. The van der Waals surface area contributed by atoms with Crippen molar-refractivity contribution in [2.45, 2.75) is 57.8 Å². The van der Waals surface area contributed by atoms with Crippen LogP contribution in [0.4, 0.5) is 4.39 Å². The van der Waals surface area contributed by atoms with Gasteiger partial charge in [0, 0.05) is 0 Å². The number of hydrogen-bond acceptors (Lipinski definition) is 0. The van der Waals surface area contributed by atoms with E-state index in [1.54, 1.807) is 6.07 Å². The first-order valence-corrected chi connectivity index (χ1v) is 6.59. The van der Waals surface area contributed by atoms with Gasteiger partial charge in [-0.2, -0.15) is 0 Å². The highest BCUT2D eigenvalue weighted by atomic mass is 19.1. The topological polar surface area (TPSA) is 0 Å². The van der Waals surface area contributed by atoms with Gasteiger partial charge >= 0.3 is 0 Å². The third kappa shape index (κ3) is 2.63. The van der Waals surface area contributed by atoms with Gasteiger partial charge in [-0.25, -0.2) is 4.39 Å². The van der Waals surface area contributed by atoms with Gasteiger partial charge in [0.05, 0.1) is 0 Å². The van der Waals surface area contributed by atoms with E-state index in [0.717, 1.165) is 18.4 Å². The summed E-state index contributed by atoms with van der Waals surface area (Å²) in [5.41, 5.74) is 2.10. The summed E-state index contributed by atoms with van der Waals surface area (Å²) in [5, 5.41) is 0. The van der Waals surface area contributed by atoms with E-state index in [2.05, 4.69) is 13.0 Å². The van der Waals surface area contributed by atoms with Gasteiger partial charge in [0.2, 0.25) is 0 Å². The minimum Gasteiger partial charge on any atom is -0.207 e. The molecule has 88 valence electrons. The maximum atomic E-state index is 13.8. The highest BCUT2D eigenvalue weighted by Gasteiger charge is 2.16. The van der Waals surface area contributed by atoms with E-state index >= 15 is 0 Å². The zero-order valence-corrected chi connectivity index (χ0v) is 10.1. The van der Waals surface area contributed by atoms with E-state index in [0.29, 0.717) is 5.92 Å². The monoisotopic (exact) mass is 220 g/mol. The maximum Gasteiger partial charge on any atom is 0.126 e. The Hall–Kier alpha value is -0.850. The van der Waals surface area contributed by atoms with E-state index in [-0.39, 0.29) is 5.82 Å². The van der Waals surface area contributed by atoms with E-state index in [1.165, 1.54) is 37.7 Å². The lowest BCUT2D eigenvalue weighted by Crippen LogP contribution is -2.05. The van der Waals surface area contributed by atoms with E-state index in [4.69, 9.17) is 0 Å². The molecular formula is C15H21F. The van der Waals surface area contributed by atoms with Crippen molar-refractivity contribution < 1.29 is 4.39 Å². The average Bonchev–Trinajstić information content (AvgIpc) is 2.33. The molecule has 0 saturated heterocycles. The molecule has 16 heavy (non-hydrogen) atoms. The largest absolute Gasteiger partial charge is 0.207 e. The lowest BCUT2D eigenvalue weighted by molar-refractivity contribution is 0.441. The minimum atomic E-state index is 0.00456. The highest BCUT2D eigenvalue weighted by molar-refractivity contribution is 5.27. The molecule has 2 rings (SSSR count). The quantitative estimate of drug-likeness (QED) is 0.684. The summed E-state index contributed by atoms with van der Waals surface area (Å²) < 4.78 is 13.8. The zero-order valence-electron chi connectivity index (χ0n) is 10.1. The van der Waals surface area contributed by atoms with Crippen molar-refractivity contribution in [1.29, 1.82) is 0 Å². The second-order valence-electron chi connectivity index (χ2n) is 4.94. The molecule has 0 atom stereocenters. The van der Waals surface area contributed by atoms with E-state index in [9.17, 15) is 4.39 Å². The Morgan fingerprint density at radius 2 is 1.94 bits per heavy atom. The summed E-state index contributed by atoms with van der Waals surface area (Å²) in [6.07, 6.45) is 8.33. The van der Waals surface area contributed by atoms with Crippen molar-refractivity contribution in [3.8, 4) is 0 Å². The number of hydrogen-bond donors (Lipinski definition) is 0. The predicted octanol–water partition coefficient (Wildman–Crippen LogP) is 4.83. The van der Waals surface area contributed by atoms with Crippen molar-refractivity contribution in [1.82, 2.24) is 0 Å². The lowest BCUT2D eigenvalue weighted by atomic mass is 9.84. The smallest absolute Gasteiger partial charge is 0.126 e. The summed E-state index contributed by atoms with van der Waals surface area (Å²) in [7, 11) is 0. The molecule has 1 fully saturated rings. The summed E-state index contributed by atoms with van der Waals surface area (Å²) >= 11 is 0. The molecule has 0 N–H and O–H groups in total. The van der Waals surface area contributed by atoms with Gasteiger partial charge in [-0.1, -0.05) is 44.7 Å². The van der Waals surface area contributed by atoms with Gasteiger partial charge in [-0.3, -0.25) is 0 Å². The first kappa shape index (κ1) is 11.6. The Bertz CT molecular complexity index is 337. The Morgan fingerprint density at radius 1 is 1.19 bits per heavy atom. The third-order valence-electron chi connectivity index (χ3n) is 3.67. The number of benzene rings is 1. The molecule has 1 aromatic carbocycles. The van der Waals surface area contributed by atoms with Gasteiger partial charge in [0.15, 0.2) is 0 Å².